The van der Waals surface area contributed by atoms with Gasteiger partial charge in [0, 0.05) is 11.3 Å². The lowest BCUT2D eigenvalue weighted by Crippen LogP contribution is -2.31. The van der Waals surface area contributed by atoms with Gasteiger partial charge in [-0.1, -0.05) is 6.07 Å². The fourth-order valence-corrected chi connectivity index (χ4v) is 2.48. The van der Waals surface area contributed by atoms with Crippen molar-refractivity contribution in [3.63, 3.8) is 0 Å². The molecule has 0 heterocycles. The minimum atomic E-state index is -0.319. The summed E-state index contributed by atoms with van der Waals surface area (Å²) in [4.78, 5) is 0. The number of hydrogen-bond donors (Lipinski definition) is 2. The summed E-state index contributed by atoms with van der Waals surface area (Å²) in [7, 11) is 3.22. The third-order valence-electron chi connectivity index (χ3n) is 3.33. The van der Waals surface area contributed by atoms with Crippen LogP contribution < -0.4 is 20.1 Å². The number of benzene rings is 2. The van der Waals surface area contributed by atoms with E-state index in [0.717, 1.165) is 17.1 Å². The SMILES string of the molecule is COc1ccc(OC)c(C(C)NC(=S)Nc2cccc(F)c2)c1. The van der Waals surface area contributed by atoms with E-state index in [2.05, 4.69) is 10.6 Å². The van der Waals surface area contributed by atoms with Gasteiger partial charge >= 0.3 is 0 Å². The minimum Gasteiger partial charge on any atom is -0.497 e. The molecule has 0 aliphatic heterocycles. The molecule has 122 valence electrons. The second kappa shape index (κ2) is 7.78. The number of anilines is 1. The normalized spacial score (nSPS) is 11.5. The highest BCUT2D eigenvalue weighted by molar-refractivity contribution is 7.80. The predicted octanol–water partition coefficient (Wildman–Crippen LogP) is 3.89. The zero-order valence-electron chi connectivity index (χ0n) is 13.2. The van der Waals surface area contributed by atoms with Crippen LogP contribution >= 0.6 is 12.2 Å². The Labute approximate surface area is 140 Å². The lowest BCUT2D eigenvalue weighted by molar-refractivity contribution is 0.395. The van der Waals surface area contributed by atoms with Crippen LogP contribution in [0.15, 0.2) is 42.5 Å². The Morgan fingerprint density at radius 2 is 1.91 bits per heavy atom. The Morgan fingerprint density at radius 3 is 2.57 bits per heavy atom. The lowest BCUT2D eigenvalue weighted by Gasteiger charge is -2.20. The van der Waals surface area contributed by atoms with Crippen molar-refractivity contribution in [2.75, 3.05) is 19.5 Å². The van der Waals surface area contributed by atoms with Crippen molar-refractivity contribution < 1.29 is 13.9 Å². The van der Waals surface area contributed by atoms with Gasteiger partial charge in [-0.2, -0.15) is 0 Å². The number of hydrogen-bond acceptors (Lipinski definition) is 3. The van der Waals surface area contributed by atoms with E-state index in [9.17, 15) is 4.39 Å². The first-order valence-corrected chi connectivity index (χ1v) is 7.49. The van der Waals surface area contributed by atoms with Crippen LogP contribution in [0.5, 0.6) is 11.5 Å². The van der Waals surface area contributed by atoms with E-state index in [0.29, 0.717) is 10.8 Å². The van der Waals surface area contributed by atoms with Crippen molar-refractivity contribution in [2.45, 2.75) is 13.0 Å². The second-order valence-electron chi connectivity index (χ2n) is 4.94. The van der Waals surface area contributed by atoms with Gasteiger partial charge in [-0.3, -0.25) is 0 Å². The quantitative estimate of drug-likeness (QED) is 0.812. The highest BCUT2D eigenvalue weighted by Gasteiger charge is 2.14. The molecule has 0 radical (unpaired) electrons. The van der Waals surface area contributed by atoms with Crippen LogP contribution in [0.3, 0.4) is 0 Å². The van der Waals surface area contributed by atoms with E-state index in [4.69, 9.17) is 21.7 Å². The highest BCUT2D eigenvalue weighted by Crippen LogP contribution is 2.29. The van der Waals surface area contributed by atoms with E-state index in [1.54, 1.807) is 26.4 Å². The van der Waals surface area contributed by atoms with Crippen molar-refractivity contribution >= 4 is 23.0 Å². The lowest BCUT2D eigenvalue weighted by atomic mass is 10.1. The summed E-state index contributed by atoms with van der Waals surface area (Å²) in [5.74, 6) is 1.15. The molecule has 0 fully saturated rings. The predicted molar refractivity (Wildman–Crippen MR) is 93.7 cm³/mol. The van der Waals surface area contributed by atoms with Crippen LogP contribution in [0, 0.1) is 5.82 Å². The monoisotopic (exact) mass is 334 g/mol. The van der Waals surface area contributed by atoms with Crippen LogP contribution in [-0.4, -0.2) is 19.3 Å². The summed E-state index contributed by atoms with van der Waals surface area (Å²) in [5.41, 5.74) is 1.50. The number of methoxy groups -OCH3 is 2. The van der Waals surface area contributed by atoms with E-state index in [1.807, 2.05) is 25.1 Å². The van der Waals surface area contributed by atoms with Crippen LogP contribution in [0.25, 0.3) is 0 Å². The molecule has 6 heteroatoms. The van der Waals surface area contributed by atoms with Gasteiger partial charge < -0.3 is 20.1 Å². The molecule has 0 amide bonds. The number of rotatable bonds is 5. The molecule has 2 aromatic carbocycles. The van der Waals surface area contributed by atoms with Gasteiger partial charge in [0.2, 0.25) is 0 Å². The van der Waals surface area contributed by atoms with Gasteiger partial charge in [0.15, 0.2) is 5.11 Å². The molecule has 0 aliphatic carbocycles. The average molecular weight is 334 g/mol. The maximum absolute atomic E-state index is 13.2. The summed E-state index contributed by atoms with van der Waals surface area (Å²) in [6, 6.07) is 11.6. The molecule has 1 atom stereocenters. The molecule has 0 aliphatic rings. The molecule has 0 saturated carbocycles. The maximum atomic E-state index is 13.2. The van der Waals surface area contributed by atoms with Gasteiger partial charge in [-0.15, -0.1) is 0 Å². The van der Waals surface area contributed by atoms with E-state index >= 15 is 0 Å². The van der Waals surface area contributed by atoms with Gasteiger partial charge in [-0.05, 0) is 55.5 Å². The molecular formula is C17H19FN2O2S. The van der Waals surface area contributed by atoms with E-state index in [1.165, 1.54) is 12.1 Å². The summed E-state index contributed by atoms with van der Waals surface area (Å²) >= 11 is 5.28. The largest absolute Gasteiger partial charge is 0.497 e. The number of thiocarbonyl (C=S) groups is 1. The maximum Gasteiger partial charge on any atom is 0.171 e. The zero-order chi connectivity index (χ0) is 16.8. The highest BCUT2D eigenvalue weighted by atomic mass is 32.1. The first kappa shape index (κ1) is 17.0. The molecule has 1 unspecified atom stereocenters. The summed E-state index contributed by atoms with van der Waals surface area (Å²) in [5, 5.41) is 6.51. The Hall–Kier alpha value is -2.34. The second-order valence-corrected chi connectivity index (χ2v) is 5.35. The Bertz CT molecular complexity index is 694. The fourth-order valence-electron chi connectivity index (χ4n) is 2.19. The van der Waals surface area contributed by atoms with Crippen molar-refractivity contribution in [1.29, 1.82) is 0 Å². The van der Waals surface area contributed by atoms with Crippen molar-refractivity contribution in [3.05, 3.63) is 53.8 Å². The zero-order valence-corrected chi connectivity index (χ0v) is 14.0. The standard InChI is InChI=1S/C17H19FN2O2S/c1-11(15-10-14(21-2)7-8-16(15)22-3)19-17(23)20-13-6-4-5-12(18)9-13/h4-11H,1-3H3,(H2,19,20,23). The molecule has 2 aromatic rings. The van der Waals surface area contributed by atoms with E-state index < -0.39 is 0 Å². The van der Waals surface area contributed by atoms with Gasteiger partial charge in [0.25, 0.3) is 0 Å². The van der Waals surface area contributed by atoms with Gasteiger partial charge in [0.1, 0.15) is 17.3 Å². The smallest absolute Gasteiger partial charge is 0.171 e. The minimum absolute atomic E-state index is 0.117. The van der Waals surface area contributed by atoms with Gasteiger partial charge in [0.05, 0.1) is 20.3 Å². The van der Waals surface area contributed by atoms with Crippen LogP contribution in [-0.2, 0) is 0 Å². The molecule has 2 N–H and O–H groups in total. The molecule has 4 nitrogen and oxygen atoms in total. The van der Waals surface area contributed by atoms with Gasteiger partial charge in [-0.25, -0.2) is 4.39 Å². The Balaban J connectivity index is 2.09. The van der Waals surface area contributed by atoms with E-state index in [-0.39, 0.29) is 11.9 Å². The number of ether oxygens (including phenoxy) is 2. The molecular weight excluding hydrogens is 315 g/mol. The number of halogens is 1. The van der Waals surface area contributed by atoms with Crippen LogP contribution in [0.4, 0.5) is 10.1 Å². The fraction of sp³-hybridized carbons (Fsp3) is 0.235. The third kappa shape index (κ3) is 4.56. The summed E-state index contributed by atoms with van der Waals surface area (Å²) in [6.45, 7) is 1.96. The summed E-state index contributed by atoms with van der Waals surface area (Å²) < 4.78 is 23.8. The molecule has 0 bridgehead atoms. The van der Waals surface area contributed by atoms with Crippen LogP contribution in [0.2, 0.25) is 0 Å². The molecule has 0 saturated heterocycles. The van der Waals surface area contributed by atoms with Crippen molar-refractivity contribution in [3.8, 4) is 11.5 Å². The van der Waals surface area contributed by atoms with Crippen molar-refractivity contribution in [1.82, 2.24) is 5.32 Å². The number of nitrogens with one attached hydrogen (secondary N) is 2. The molecule has 2 rings (SSSR count). The molecule has 0 aromatic heterocycles. The topological polar surface area (TPSA) is 42.5 Å². The Kier molecular flexibility index (Phi) is 5.76. The van der Waals surface area contributed by atoms with Crippen molar-refractivity contribution in [2.24, 2.45) is 0 Å². The van der Waals surface area contributed by atoms with Crippen LogP contribution in [0.1, 0.15) is 18.5 Å². The summed E-state index contributed by atoms with van der Waals surface area (Å²) in [6.07, 6.45) is 0. The third-order valence-corrected chi connectivity index (χ3v) is 3.55. The first-order valence-electron chi connectivity index (χ1n) is 7.08. The average Bonchev–Trinajstić information content (AvgIpc) is 2.54. The molecule has 0 spiro atoms. The molecule has 23 heavy (non-hydrogen) atoms. The Morgan fingerprint density at radius 1 is 1.13 bits per heavy atom. The first-order chi connectivity index (χ1) is 11.0.